The van der Waals surface area contributed by atoms with E-state index in [1.807, 2.05) is 13.8 Å². The standard InChI is InChI=1S/C13H19F2NO2/c1-13(2,8-17)7-16-6-12(18)10-4-3-9(14)5-11(10)15/h3-5,12,16-18H,6-8H2,1-2H3. The molecule has 0 heterocycles. The number of aliphatic hydroxyl groups is 2. The van der Waals surface area contributed by atoms with E-state index in [0.29, 0.717) is 6.54 Å². The van der Waals surface area contributed by atoms with Gasteiger partial charge in [0.05, 0.1) is 6.10 Å². The Labute approximate surface area is 105 Å². The number of hydrogen-bond acceptors (Lipinski definition) is 3. The lowest BCUT2D eigenvalue weighted by Crippen LogP contribution is -2.34. The van der Waals surface area contributed by atoms with E-state index in [4.69, 9.17) is 5.11 Å². The van der Waals surface area contributed by atoms with Crippen molar-refractivity contribution in [3.8, 4) is 0 Å². The number of hydrogen-bond donors (Lipinski definition) is 3. The van der Waals surface area contributed by atoms with Crippen molar-refractivity contribution in [2.24, 2.45) is 5.41 Å². The Kier molecular flexibility index (Phi) is 5.19. The predicted octanol–water partition coefficient (Wildman–Crippen LogP) is 1.61. The lowest BCUT2D eigenvalue weighted by Gasteiger charge is -2.23. The minimum atomic E-state index is -1.04. The molecule has 0 spiro atoms. The molecule has 102 valence electrons. The molecule has 0 radical (unpaired) electrons. The summed E-state index contributed by atoms with van der Waals surface area (Å²) in [6, 6.07) is 3.09. The highest BCUT2D eigenvalue weighted by atomic mass is 19.1. The molecule has 3 N–H and O–H groups in total. The van der Waals surface area contributed by atoms with Crippen LogP contribution in [0.4, 0.5) is 8.78 Å². The third kappa shape index (κ3) is 4.33. The normalized spacial score (nSPS) is 13.7. The van der Waals surface area contributed by atoms with Crippen LogP contribution in [0.3, 0.4) is 0 Å². The van der Waals surface area contributed by atoms with Crippen LogP contribution in [0, 0.1) is 17.0 Å². The average Bonchev–Trinajstić information content (AvgIpc) is 2.28. The smallest absolute Gasteiger partial charge is 0.131 e. The van der Waals surface area contributed by atoms with E-state index in [-0.39, 0.29) is 24.1 Å². The van der Waals surface area contributed by atoms with Gasteiger partial charge in [-0.05, 0) is 6.07 Å². The van der Waals surface area contributed by atoms with Crippen molar-refractivity contribution in [3.05, 3.63) is 35.4 Å². The van der Waals surface area contributed by atoms with Gasteiger partial charge in [-0.2, -0.15) is 0 Å². The van der Waals surface area contributed by atoms with Crippen molar-refractivity contribution in [1.29, 1.82) is 0 Å². The molecule has 1 unspecified atom stereocenters. The molecule has 0 saturated carbocycles. The topological polar surface area (TPSA) is 52.5 Å². The fraction of sp³-hybridized carbons (Fsp3) is 0.538. The molecule has 0 bridgehead atoms. The number of nitrogens with one attached hydrogen (secondary N) is 1. The van der Waals surface area contributed by atoms with E-state index >= 15 is 0 Å². The Hall–Kier alpha value is -1.04. The average molecular weight is 259 g/mol. The van der Waals surface area contributed by atoms with Gasteiger partial charge in [-0.1, -0.05) is 19.9 Å². The van der Waals surface area contributed by atoms with E-state index in [9.17, 15) is 13.9 Å². The summed E-state index contributed by atoms with van der Waals surface area (Å²) in [5.74, 6) is -1.43. The summed E-state index contributed by atoms with van der Waals surface area (Å²) in [7, 11) is 0. The highest BCUT2D eigenvalue weighted by Crippen LogP contribution is 2.18. The molecule has 1 atom stereocenters. The third-order valence-electron chi connectivity index (χ3n) is 2.69. The summed E-state index contributed by atoms with van der Waals surface area (Å²) in [5.41, 5.74) is -0.244. The van der Waals surface area contributed by atoms with E-state index < -0.39 is 17.7 Å². The van der Waals surface area contributed by atoms with Gasteiger partial charge in [0.2, 0.25) is 0 Å². The van der Waals surface area contributed by atoms with Crippen LogP contribution in [0.2, 0.25) is 0 Å². The lowest BCUT2D eigenvalue weighted by atomic mass is 9.95. The summed E-state index contributed by atoms with van der Waals surface area (Å²) < 4.78 is 26.1. The Morgan fingerprint density at radius 1 is 1.33 bits per heavy atom. The van der Waals surface area contributed by atoms with Crippen molar-refractivity contribution in [3.63, 3.8) is 0 Å². The second-order valence-electron chi connectivity index (χ2n) is 5.13. The van der Waals surface area contributed by atoms with Gasteiger partial charge in [0, 0.05) is 36.7 Å². The molecule has 0 aliphatic carbocycles. The molecular formula is C13H19F2NO2. The van der Waals surface area contributed by atoms with Gasteiger partial charge in [0.1, 0.15) is 11.6 Å². The van der Waals surface area contributed by atoms with Gasteiger partial charge < -0.3 is 15.5 Å². The van der Waals surface area contributed by atoms with Gasteiger partial charge in [-0.3, -0.25) is 0 Å². The highest BCUT2D eigenvalue weighted by molar-refractivity contribution is 5.21. The van der Waals surface area contributed by atoms with Crippen molar-refractivity contribution in [1.82, 2.24) is 5.32 Å². The van der Waals surface area contributed by atoms with Crippen LogP contribution in [0.15, 0.2) is 18.2 Å². The molecule has 0 aliphatic heterocycles. The van der Waals surface area contributed by atoms with Crippen molar-refractivity contribution < 1.29 is 19.0 Å². The summed E-state index contributed by atoms with van der Waals surface area (Å²) in [5, 5.41) is 21.8. The first-order valence-corrected chi connectivity index (χ1v) is 5.80. The number of rotatable bonds is 6. The second-order valence-corrected chi connectivity index (χ2v) is 5.13. The summed E-state index contributed by atoms with van der Waals surface area (Å²) >= 11 is 0. The molecule has 0 aliphatic rings. The monoisotopic (exact) mass is 259 g/mol. The minimum absolute atomic E-state index is 0.0149. The number of aliphatic hydroxyl groups excluding tert-OH is 2. The molecular weight excluding hydrogens is 240 g/mol. The predicted molar refractivity (Wildman–Crippen MR) is 65.1 cm³/mol. The molecule has 18 heavy (non-hydrogen) atoms. The lowest BCUT2D eigenvalue weighted by molar-refractivity contribution is 0.137. The molecule has 0 saturated heterocycles. The molecule has 1 rings (SSSR count). The molecule has 0 amide bonds. The minimum Gasteiger partial charge on any atom is -0.396 e. The Bertz CT molecular complexity index is 397. The van der Waals surface area contributed by atoms with E-state index in [2.05, 4.69) is 5.32 Å². The maximum Gasteiger partial charge on any atom is 0.131 e. The van der Waals surface area contributed by atoms with Crippen LogP contribution < -0.4 is 5.32 Å². The van der Waals surface area contributed by atoms with Crippen LogP contribution in [0.1, 0.15) is 25.5 Å². The van der Waals surface area contributed by atoms with Crippen molar-refractivity contribution >= 4 is 0 Å². The van der Waals surface area contributed by atoms with Crippen LogP contribution in [0.5, 0.6) is 0 Å². The third-order valence-corrected chi connectivity index (χ3v) is 2.69. The zero-order valence-corrected chi connectivity index (χ0v) is 10.6. The molecule has 1 aromatic carbocycles. The number of halogens is 2. The SMILES string of the molecule is CC(C)(CO)CNCC(O)c1ccc(F)cc1F. The van der Waals surface area contributed by atoms with Gasteiger partial charge in [0.15, 0.2) is 0 Å². The van der Waals surface area contributed by atoms with Crippen molar-refractivity contribution in [2.75, 3.05) is 19.7 Å². The zero-order valence-electron chi connectivity index (χ0n) is 10.6. The fourth-order valence-electron chi connectivity index (χ4n) is 1.48. The molecule has 0 aromatic heterocycles. The second kappa shape index (κ2) is 6.22. The Morgan fingerprint density at radius 3 is 2.56 bits per heavy atom. The number of benzene rings is 1. The quantitative estimate of drug-likeness (QED) is 0.727. The van der Waals surface area contributed by atoms with E-state index in [0.717, 1.165) is 12.1 Å². The maximum absolute atomic E-state index is 13.4. The summed E-state index contributed by atoms with van der Waals surface area (Å²) in [6.07, 6.45) is -1.04. The van der Waals surface area contributed by atoms with Crippen molar-refractivity contribution in [2.45, 2.75) is 20.0 Å². The van der Waals surface area contributed by atoms with Gasteiger partial charge >= 0.3 is 0 Å². The molecule has 1 aromatic rings. The first kappa shape index (κ1) is 15.0. The maximum atomic E-state index is 13.4. The van der Waals surface area contributed by atoms with Gasteiger partial charge in [-0.25, -0.2) is 8.78 Å². The fourth-order valence-corrected chi connectivity index (χ4v) is 1.48. The van der Waals surface area contributed by atoms with Gasteiger partial charge in [-0.15, -0.1) is 0 Å². The molecule has 0 fully saturated rings. The Morgan fingerprint density at radius 2 is 2.00 bits per heavy atom. The highest BCUT2D eigenvalue weighted by Gasteiger charge is 2.18. The summed E-state index contributed by atoms with van der Waals surface area (Å²) in [4.78, 5) is 0. The van der Waals surface area contributed by atoms with Crippen LogP contribution >= 0.6 is 0 Å². The summed E-state index contributed by atoms with van der Waals surface area (Å²) in [6.45, 7) is 4.38. The molecule has 3 nitrogen and oxygen atoms in total. The van der Waals surface area contributed by atoms with Crippen LogP contribution in [-0.2, 0) is 0 Å². The largest absolute Gasteiger partial charge is 0.396 e. The van der Waals surface area contributed by atoms with E-state index in [1.54, 1.807) is 0 Å². The van der Waals surface area contributed by atoms with E-state index in [1.165, 1.54) is 6.07 Å². The zero-order chi connectivity index (χ0) is 13.8. The Balaban J connectivity index is 2.53. The first-order valence-electron chi connectivity index (χ1n) is 5.80. The molecule has 5 heteroatoms. The first-order chi connectivity index (χ1) is 8.35. The van der Waals surface area contributed by atoms with Gasteiger partial charge in [0.25, 0.3) is 0 Å². The van der Waals surface area contributed by atoms with Crippen LogP contribution in [-0.4, -0.2) is 29.9 Å². The van der Waals surface area contributed by atoms with Crippen LogP contribution in [0.25, 0.3) is 0 Å².